The SMILES string of the molecule is CC(C)(C)C1=CCC=N1.CC(C)(C)C1=NC=CC1.CC(C)(C)Cc1nc2ccccc2[nH]1.CC(C)(C)Cc1ncc2n1CCCC2.CCc1cnc(CC(C)(C)C)n1C.C[n+]1cc[nH]c1C(C)(C)C.Cn1c(CC(C)(C)C)nc2c1CCCC2.Cn1cccc1CC(C)(C)C.Cn1ccnc1SC(C)(C)C. The number of nitrogens with one attached hydrogen (secondary N) is 2. The summed E-state index contributed by atoms with van der Waals surface area (Å²) in [7, 11) is 10.4. The largest absolute Gasteiger partial charge is 0.354 e. The van der Waals surface area contributed by atoms with E-state index < -0.39 is 0 Å². The molecule has 0 amide bonds. The van der Waals surface area contributed by atoms with Gasteiger partial charge in [-0.3, -0.25) is 9.98 Å². The summed E-state index contributed by atoms with van der Waals surface area (Å²) >= 11 is 1.79. The summed E-state index contributed by atoms with van der Waals surface area (Å²) in [5.74, 6) is 6.09. The lowest BCUT2D eigenvalue weighted by Gasteiger charge is -2.21. The summed E-state index contributed by atoms with van der Waals surface area (Å²) in [5.41, 5.74) is 14.2. The molecule has 1 aromatic carbocycles. The molecule has 1 aliphatic carbocycles. The highest BCUT2D eigenvalue weighted by Gasteiger charge is 2.26. The zero-order valence-corrected chi connectivity index (χ0v) is 74.2. The van der Waals surface area contributed by atoms with Crippen LogP contribution in [0.5, 0.6) is 0 Å². The number of aryl methyl sites for hydroxylation is 6. The van der Waals surface area contributed by atoms with Crippen LogP contribution in [0.3, 0.4) is 0 Å². The minimum Gasteiger partial charge on any atom is -0.354 e. The Morgan fingerprint density at radius 3 is 1.59 bits per heavy atom. The molecule has 0 saturated carbocycles. The molecule has 2 N–H and O–H groups in total. The fourth-order valence-corrected chi connectivity index (χ4v) is 13.2. The standard InChI is InChI=1S/C13H22N2.C12H20N2.C12H16N2.C11H20N2.C10H17N.C8H14N2S.C8H14N2.2C8H13N/c1-13(2,3)9-12-14-10-7-5-6-8-11(10)15(12)4;1-12(2,3)8-11-13-9-10-6-4-5-7-14(10)11;1-12(2,3)8-11-13-9-6-4-5-7-10(9)14-11;1-6-9-8-12-10(13(9)5)7-11(2,3)4;1-10(2,3)8-9-6-5-7-11(9)4;1-8(2,3)11-7-9-5-6-10(7)4;1-8(2,3)7-9-5-6-10(7)4;2*1-8(2,3)7-5-4-6-9-7/h5-9H2,1-4H3;9H,4-8H2,1-3H3;4-7H,8H2,1-3H3,(H,13,14);8H,6-7H2,1-5H3;5-7H,8H2,1-4H3;5-6H,1-4H3;5-6H,1-4H3;5-6H,4H2,1-3H3;4,6H,5H2,1-3H3/p+1. The van der Waals surface area contributed by atoms with Crippen molar-refractivity contribution in [2.75, 3.05) is 0 Å². The minimum absolute atomic E-state index is 0.220. The van der Waals surface area contributed by atoms with E-state index in [0.29, 0.717) is 21.7 Å². The summed E-state index contributed by atoms with van der Waals surface area (Å²) in [4.78, 5) is 37.6. The molecule has 0 saturated heterocycles. The molecule has 8 aromatic rings. The van der Waals surface area contributed by atoms with Crippen LogP contribution in [0.1, 0.15) is 290 Å². The van der Waals surface area contributed by atoms with Gasteiger partial charge in [-0.05, 0) is 130 Å². The Morgan fingerprint density at radius 2 is 1.15 bits per heavy atom. The summed E-state index contributed by atoms with van der Waals surface area (Å²) in [6.45, 7) is 63.5. The van der Waals surface area contributed by atoms with Gasteiger partial charge in [0.15, 0.2) is 5.16 Å². The van der Waals surface area contributed by atoms with Crippen LogP contribution in [0.2, 0.25) is 0 Å². The molecule has 4 aliphatic rings. The van der Waals surface area contributed by atoms with Gasteiger partial charge in [0.05, 0.1) is 29.2 Å². The molecular formula is C90H150N15S+. The molecule has 0 fully saturated rings. The Labute approximate surface area is 649 Å². The minimum atomic E-state index is 0.220. The van der Waals surface area contributed by atoms with Gasteiger partial charge in [0, 0.05) is 166 Å². The van der Waals surface area contributed by atoms with Crippen LogP contribution >= 0.6 is 11.8 Å². The second-order valence-corrected chi connectivity index (χ2v) is 41.3. The van der Waals surface area contributed by atoms with Crippen molar-refractivity contribution < 1.29 is 4.57 Å². The van der Waals surface area contributed by atoms with E-state index in [2.05, 4.69) is 328 Å². The summed E-state index contributed by atoms with van der Waals surface area (Å²) in [6, 6.07) is 12.4. The number of para-hydroxylation sites is 2. The van der Waals surface area contributed by atoms with Crippen molar-refractivity contribution in [2.45, 2.75) is 312 Å². The quantitative estimate of drug-likeness (QED) is 0.120. The fraction of sp³-hybridized carbons (Fsp3) is 0.644. The molecule has 106 heavy (non-hydrogen) atoms. The van der Waals surface area contributed by atoms with Crippen LogP contribution < -0.4 is 4.57 Å². The molecule has 0 radical (unpaired) electrons. The van der Waals surface area contributed by atoms with Gasteiger partial charge in [0.1, 0.15) is 35.7 Å². The maximum atomic E-state index is 4.80. The highest BCUT2D eigenvalue weighted by molar-refractivity contribution is 8.00. The molecule has 16 heteroatoms. The molecule has 0 spiro atoms. The van der Waals surface area contributed by atoms with Crippen LogP contribution in [0, 0.1) is 37.9 Å². The van der Waals surface area contributed by atoms with Crippen LogP contribution in [0.25, 0.3) is 11.0 Å². The predicted molar refractivity (Wildman–Crippen MR) is 456 cm³/mol. The first-order valence-corrected chi connectivity index (χ1v) is 40.3. The number of benzene rings is 1. The number of aromatic nitrogens is 13. The van der Waals surface area contributed by atoms with Crippen LogP contribution in [-0.2, 0) is 105 Å². The van der Waals surface area contributed by atoms with E-state index in [1.165, 1.54) is 115 Å². The molecule has 0 unspecified atom stereocenters. The number of aromatic amines is 2. The Kier molecular flexibility index (Phi) is 34.1. The van der Waals surface area contributed by atoms with Gasteiger partial charge in [-0.25, -0.2) is 34.5 Å². The highest BCUT2D eigenvalue weighted by atomic mass is 32.2. The third-order valence-electron chi connectivity index (χ3n) is 17.7. The Hall–Kier alpha value is -6.81. The summed E-state index contributed by atoms with van der Waals surface area (Å²) < 4.78 is 13.6. The van der Waals surface area contributed by atoms with Gasteiger partial charge in [-0.15, -0.1) is 0 Å². The average molecular weight is 1470 g/mol. The van der Waals surface area contributed by atoms with Crippen molar-refractivity contribution >= 4 is 34.7 Å². The van der Waals surface area contributed by atoms with Crippen molar-refractivity contribution in [1.29, 1.82) is 0 Å². The molecule has 590 valence electrons. The Bertz CT molecular complexity index is 3920. The molecule has 12 rings (SSSR count). The van der Waals surface area contributed by atoms with Gasteiger partial charge >= 0.3 is 0 Å². The second-order valence-electron chi connectivity index (χ2n) is 39.5. The van der Waals surface area contributed by atoms with Gasteiger partial charge in [-0.1, -0.05) is 209 Å². The summed E-state index contributed by atoms with van der Waals surface area (Å²) in [6.07, 6.45) is 39.5. The molecule has 0 bridgehead atoms. The lowest BCUT2D eigenvalue weighted by Crippen LogP contribution is -2.37. The van der Waals surface area contributed by atoms with Crippen molar-refractivity contribution in [3.05, 3.63) is 161 Å². The molecule has 10 heterocycles. The normalized spacial score (nSPS) is 14.4. The van der Waals surface area contributed by atoms with Crippen molar-refractivity contribution in [2.24, 2.45) is 83.1 Å². The number of H-pyrrole nitrogens is 2. The maximum absolute atomic E-state index is 4.80. The Balaban J connectivity index is 0.000000254. The van der Waals surface area contributed by atoms with E-state index >= 15 is 0 Å². The van der Waals surface area contributed by atoms with E-state index in [1.807, 2.05) is 73.2 Å². The van der Waals surface area contributed by atoms with E-state index in [0.717, 1.165) is 73.4 Å². The lowest BCUT2D eigenvalue weighted by atomic mass is 9.89. The average Bonchev–Trinajstić information content (AvgIpc) is 1.57. The number of hydrogen-bond acceptors (Lipinski definition) is 8. The number of aliphatic imine (C=N–C) groups is 2. The van der Waals surface area contributed by atoms with Gasteiger partial charge in [0.25, 0.3) is 5.82 Å². The molecule has 15 nitrogen and oxygen atoms in total. The van der Waals surface area contributed by atoms with E-state index in [1.54, 1.807) is 11.8 Å². The first kappa shape index (κ1) is 91.6. The number of rotatable bonds is 7. The molecule has 3 aliphatic heterocycles. The Morgan fingerprint density at radius 1 is 0.557 bits per heavy atom. The second kappa shape index (κ2) is 39.5. The molecule has 0 atom stereocenters. The first-order valence-electron chi connectivity index (χ1n) is 39.5. The smallest absolute Gasteiger partial charge is 0.259 e. The third kappa shape index (κ3) is 34.2. The van der Waals surface area contributed by atoms with Crippen molar-refractivity contribution in [3.63, 3.8) is 0 Å². The first-order chi connectivity index (χ1) is 48.7. The zero-order valence-electron chi connectivity index (χ0n) is 73.4. The lowest BCUT2D eigenvalue weighted by molar-refractivity contribution is -0.681. The highest BCUT2D eigenvalue weighted by Crippen LogP contribution is 2.32. The van der Waals surface area contributed by atoms with E-state index in [9.17, 15) is 0 Å². The van der Waals surface area contributed by atoms with Crippen LogP contribution in [0.15, 0.2) is 119 Å². The number of imidazole rings is 6. The number of fused-ring (bicyclic) bond motifs is 3. The number of allylic oxidation sites excluding steroid dienone is 3. The number of nitrogens with zero attached hydrogens (tertiary/aromatic N) is 13. The monoisotopic (exact) mass is 1470 g/mol. The van der Waals surface area contributed by atoms with Crippen LogP contribution in [-0.4, -0.2) is 74.4 Å². The van der Waals surface area contributed by atoms with E-state index in [4.69, 9.17) is 4.98 Å². The van der Waals surface area contributed by atoms with Crippen molar-refractivity contribution in [3.8, 4) is 0 Å². The van der Waals surface area contributed by atoms with Crippen LogP contribution in [0.4, 0.5) is 0 Å². The number of thioether (sulfide) groups is 1. The maximum Gasteiger partial charge on any atom is 0.259 e. The predicted octanol–water partition coefficient (Wildman–Crippen LogP) is 22.3. The van der Waals surface area contributed by atoms with Gasteiger partial charge in [-0.2, -0.15) is 0 Å². The summed E-state index contributed by atoms with van der Waals surface area (Å²) in [5, 5.41) is 1.08. The third-order valence-corrected chi connectivity index (χ3v) is 18.9. The van der Waals surface area contributed by atoms with Crippen molar-refractivity contribution in [1.82, 2.24) is 57.7 Å². The molecular weight excluding hydrogens is 1320 g/mol. The van der Waals surface area contributed by atoms with E-state index in [-0.39, 0.29) is 26.4 Å². The van der Waals surface area contributed by atoms with Gasteiger partial charge < -0.3 is 27.8 Å². The van der Waals surface area contributed by atoms with Gasteiger partial charge in [0.2, 0.25) is 0 Å². The zero-order chi connectivity index (χ0) is 80.0. The fourth-order valence-electron chi connectivity index (χ4n) is 12.4. The molecule has 7 aromatic heterocycles. The topological polar surface area (TPSA) is 149 Å². The number of hydrogen-bond donors (Lipinski definition) is 2.